The topological polar surface area (TPSA) is 37.3 Å². The van der Waals surface area contributed by atoms with Crippen LogP contribution in [0.25, 0.3) is 0 Å². The molecule has 0 amide bonds. The van der Waals surface area contributed by atoms with E-state index in [-0.39, 0.29) is 0 Å². The Morgan fingerprint density at radius 2 is 2.00 bits per heavy atom. The van der Waals surface area contributed by atoms with Crippen LogP contribution in [0.3, 0.4) is 0 Å². The van der Waals surface area contributed by atoms with Gasteiger partial charge in [0, 0.05) is 18.0 Å². The zero-order valence-electron chi connectivity index (χ0n) is 11.2. The Morgan fingerprint density at radius 1 is 1.15 bits per heavy atom. The van der Waals surface area contributed by atoms with E-state index in [1.165, 1.54) is 5.56 Å². The molecule has 2 aromatic rings. The van der Waals surface area contributed by atoms with Crippen molar-refractivity contribution in [1.29, 1.82) is 0 Å². The molecule has 1 unspecified atom stereocenters. The molecule has 0 saturated carbocycles. The van der Waals surface area contributed by atoms with E-state index in [1.54, 1.807) is 11.8 Å². The van der Waals surface area contributed by atoms with Gasteiger partial charge in [0.1, 0.15) is 0 Å². The van der Waals surface area contributed by atoms with Crippen molar-refractivity contribution in [2.24, 2.45) is 4.99 Å². The molecule has 3 nitrogen and oxygen atoms in total. The standard InChI is InChI=1S/C16H17N3S/c1-2-6-13(7-3-1)10-15-12-20-16(19-15)18-11-14-8-4-5-9-17-14/h1-9,15H,10-12H2,(H,18,19). The summed E-state index contributed by atoms with van der Waals surface area (Å²) in [4.78, 5) is 8.87. The van der Waals surface area contributed by atoms with Gasteiger partial charge in [-0.3, -0.25) is 9.98 Å². The largest absolute Gasteiger partial charge is 0.361 e. The van der Waals surface area contributed by atoms with E-state index in [1.807, 2.05) is 24.4 Å². The van der Waals surface area contributed by atoms with Gasteiger partial charge < -0.3 is 5.32 Å². The molecule has 4 heteroatoms. The Morgan fingerprint density at radius 3 is 2.80 bits per heavy atom. The average molecular weight is 283 g/mol. The van der Waals surface area contributed by atoms with Crippen LogP contribution in [0.5, 0.6) is 0 Å². The Kier molecular flexibility index (Phi) is 4.33. The molecule has 1 fully saturated rings. The van der Waals surface area contributed by atoms with Crippen molar-refractivity contribution in [3.63, 3.8) is 0 Å². The summed E-state index contributed by atoms with van der Waals surface area (Å²) >= 11 is 1.80. The Balaban J connectivity index is 1.54. The van der Waals surface area contributed by atoms with Crippen LogP contribution in [0, 0.1) is 0 Å². The van der Waals surface area contributed by atoms with E-state index < -0.39 is 0 Å². The van der Waals surface area contributed by atoms with Crippen molar-refractivity contribution < 1.29 is 0 Å². The van der Waals surface area contributed by atoms with Gasteiger partial charge in [-0.15, -0.1) is 0 Å². The first-order valence-electron chi connectivity index (χ1n) is 6.78. The van der Waals surface area contributed by atoms with E-state index in [2.05, 4.69) is 45.6 Å². The van der Waals surface area contributed by atoms with Gasteiger partial charge in [0.05, 0.1) is 12.2 Å². The smallest absolute Gasteiger partial charge is 0.157 e. The van der Waals surface area contributed by atoms with E-state index in [0.29, 0.717) is 12.6 Å². The third-order valence-corrected chi connectivity index (χ3v) is 4.27. The van der Waals surface area contributed by atoms with Gasteiger partial charge in [-0.2, -0.15) is 0 Å². The van der Waals surface area contributed by atoms with Crippen molar-refractivity contribution in [2.45, 2.75) is 19.0 Å². The van der Waals surface area contributed by atoms with Crippen LogP contribution in [0.15, 0.2) is 59.7 Å². The number of amidine groups is 1. The number of aliphatic imine (C=N–C) groups is 1. The van der Waals surface area contributed by atoms with Gasteiger partial charge in [0.2, 0.25) is 0 Å². The predicted octanol–water partition coefficient (Wildman–Crippen LogP) is 2.89. The summed E-state index contributed by atoms with van der Waals surface area (Å²) in [7, 11) is 0. The molecule has 3 rings (SSSR count). The Hall–Kier alpha value is -1.81. The van der Waals surface area contributed by atoms with Crippen molar-refractivity contribution >= 4 is 16.9 Å². The second kappa shape index (κ2) is 6.57. The first-order chi connectivity index (χ1) is 9.90. The number of nitrogens with zero attached hydrogens (tertiary/aromatic N) is 2. The normalized spacial score (nSPS) is 20.0. The summed E-state index contributed by atoms with van der Waals surface area (Å²) in [5.74, 6) is 1.08. The minimum absolute atomic E-state index is 0.477. The zero-order valence-corrected chi connectivity index (χ0v) is 12.0. The first-order valence-corrected chi connectivity index (χ1v) is 7.76. The molecular formula is C16H17N3S. The summed E-state index contributed by atoms with van der Waals surface area (Å²) in [6.07, 6.45) is 2.86. The number of hydrogen-bond acceptors (Lipinski definition) is 3. The minimum Gasteiger partial charge on any atom is -0.361 e. The molecule has 0 radical (unpaired) electrons. The van der Waals surface area contributed by atoms with Gasteiger partial charge in [0.25, 0.3) is 0 Å². The van der Waals surface area contributed by atoms with Crippen molar-refractivity contribution in [3.05, 3.63) is 66.0 Å². The summed E-state index contributed by atoms with van der Waals surface area (Å²) in [6.45, 7) is 0.647. The summed E-state index contributed by atoms with van der Waals surface area (Å²) in [6, 6.07) is 17.0. The molecule has 2 heterocycles. The maximum absolute atomic E-state index is 4.59. The predicted molar refractivity (Wildman–Crippen MR) is 84.9 cm³/mol. The number of nitrogens with one attached hydrogen (secondary N) is 1. The highest BCUT2D eigenvalue weighted by Crippen LogP contribution is 2.17. The second-order valence-corrected chi connectivity index (χ2v) is 5.79. The lowest BCUT2D eigenvalue weighted by Gasteiger charge is -2.09. The SMILES string of the molecule is c1ccc(CC2CSC(=NCc3ccccn3)N2)cc1. The third kappa shape index (κ3) is 3.61. The Bertz CT molecular complexity index is 569. The van der Waals surface area contributed by atoms with Gasteiger partial charge >= 0.3 is 0 Å². The van der Waals surface area contributed by atoms with Gasteiger partial charge in [0.15, 0.2) is 5.17 Å². The molecule has 1 aliphatic rings. The molecule has 20 heavy (non-hydrogen) atoms. The van der Waals surface area contributed by atoms with Crippen molar-refractivity contribution in [1.82, 2.24) is 10.3 Å². The molecule has 1 aliphatic heterocycles. The second-order valence-electron chi connectivity index (χ2n) is 4.78. The number of benzene rings is 1. The highest BCUT2D eigenvalue weighted by Gasteiger charge is 2.20. The minimum atomic E-state index is 0.477. The molecule has 1 aromatic carbocycles. The number of aromatic nitrogens is 1. The fourth-order valence-corrected chi connectivity index (χ4v) is 3.15. The highest BCUT2D eigenvalue weighted by molar-refractivity contribution is 8.14. The van der Waals surface area contributed by atoms with Crippen LogP contribution in [-0.2, 0) is 13.0 Å². The molecule has 0 aliphatic carbocycles. The fourth-order valence-electron chi connectivity index (χ4n) is 2.18. The maximum atomic E-state index is 4.59. The summed E-state index contributed by atoms with van der Waals surface area (Å²) < 4.78 is 0. The number of hydrogen-bond donors (Lipinski definition) is 1. The molecule has 0 spiro atoms. The van der Waals surface area contributed by atoms with Crippen molar-refractivity contribution in [2.75, 3.05) is 5.75 Å². The lowest BCUT2D eigenvalue weighted by molar-refractivity contribution is 0.686. The van der Waals surface area contributed by atoms with E-state index in [9.17, 15) is 0 Å². The molecule has 1 saturated heterocycles. The number of thioether (sulfide) groups is 1. The summed E-state index contributed by atoms with van der Waals surface area (Å²) in [5, 5.41) is 4.53. The fraction of sp³-hybridized carbons (Fsp3) is 0.250. The van der Waals surface area contributed by atoms with E-state index >= 15 is 0 Å². The molecule has 0 bridgehead atoms. The average Bonchev–Trinajstić information content (AvgIpc) is 2.95. The van der Waals surface area contributed by atoms with Crippen LogP contribution in [-0.4, -0.2) is 21.9 Å². The van der Waals surface area contributed by atoms with Gasteiger partial charge in [-0.05, 0) is 24.1 Å². The number of rotatable bonds is 4. The lowest BCUT2D eigenvalue weighted by Crippen LogP contribution is -2.29. The number of pyridine rings is 1. The Labute approximate surface area is 123 Å². The maximum Gasteiger partial charge on any atom is 0.157 e. The van der Waals surface area contributed by atoms with Crippen LogP contribution in [0.1, 0.15) is 11.3 Å². The first kappa shape index (κ1) is 13.2. The van der Waals surface area contributed by atoms with Crippen molar-refractivity contribution in [3.8, 4) is 0 Å². The molecule has 1 aromatic heterocycles. The van der Waals surface area contributed by atoms with Crippen LogP contribution >= 0.6 is 11.8 Å². The highest BCUT2D eigenvalue weighted by atomic mass is 32.2. The van der Waals surface area contributed by atoms with Crippen LogP contribution in [0.2, 0.25) is 0 Å². The molecular weight excluding hydrogens is 266 g/mol. The quantitative estimate of drug-likeness (QED) is 0.937. The van der Waals surface area contributed by atoms with Crippen LogP contribution < -0.4 is 5.32 Å². The molecule has 1 atom stereocenters. The van der Waals surface area contributed by atoms with E-state index in [4.69, 9.17) is 0 Å². The summed E-state index contributed by atoms with van der Waals surface area (Å²) in [5.41, 5.74) is 2.38. The van der Waals surface area contributed by atoms with Crippen LogP contribution in [0.4, 0.5) is 0 Å². The van der Waals surface area contributed by atoms with Gasteiger partial charge in [-0.1, -0.05) is 48.2 Å². The monoisotopic (exact) mass is 283 g/mol. The van der Waals surface area contributed by atoms with Gasteiger partial charge in [-0.25, -0.2) is 0 Å². The molecule has 1 N–H and O–H groups in total. The molecule has 102 valence electrons. The third-order valence-electron chi connectivity index (χ3n) is 3.18. The van der Waals surface area contributed by atoms with E-state index in [0.717, 1.165) is 23.0 Å². The lowest BCUT2D eigenvalue weighted by atomic mass is 10.1. The zero-order chi connectivity index (χ0) is 13.6.